The van der Waals surface area contributed by atoms with Crippen molar-refractivity contribution in [1.82, 2.24) is 14.5 Å². The van der Waals surface area contributed by atoms with E-state index >= 15 is 0 Å². The van der Waals surface area contributed by atoms with E-state index < -0.39 is 34.9 Å². The fourth-order valence-electron chi connectivity index (χ4n) is 2.86. The van der Waals surface area contributed by atoms with E-state index in [1.54, 1.807) is 13.8 Å². The van der Waals surface area contributed by atoms with E-state index in [-0.39, 0.29) is 16.8 Å². The number of aliphatic hydroxyl groups is 1. The van der Waals surface area contributed by atoms with Crippen LogP contribution >= 0.6 is 11.3 Å². The number of nitrogens with one attached hydrogen (secondary N) is 1. The molecule has 2 aromatic rings. The maximum Gasteiger partial charge on any atom is 0.311 e. The van der Waals surface area contributed by atoms with E-state index in [2.05, 4.69) is 20.0 Å². The van der Waals surface area contributed by atoms with Gasteiger partial charge in [-0.2, -0.15) is 0 Å². The molecule has 24 heavy (non-hydrogen) atoms. The molecule has 0 aliphatic carbocycles. The van der Waals surface area contributed by atoms with Crippen LogP contribution in [0.15, 0.2) is 14.7 Å². The second-order valence-electron chi connectivity index (χ2n) is 5.59. The van der Waals surface area contributed by atoms with E-state index in [0.717, 1.165) is 11.3 Å². The number of hydrogen-bond acceptors (Lipinski definition) is 7. The number of hydrogen-bond donors (Lipinski definition) is 2. The molecule has 0 bridgehead atoms. The fraction of sp³-hybridized carbons (Fsp3) is 0.615. The van der Waals surface area contributed by atoms with Crippen molar-refractivity contribution >= 4 is 21.7 Å². The van der Waals surface area contributed by atoms with Crippen LogP contribution in [0.25, 0.3) is 20.8 Å². The van der Waals surface area contributed by atoms with Gasteiger partial charge in [0.2, 0.25) is 0 Å². The second-order valence-corrected chi connectivity index (χ2v) is 6.55. The van der Waals surface area contributed by atoms with Crippen LogP contribution < -0.4 is 10.4 Å². The van der Waals surface area contributed by atoms with Gasteiger partial charge in [-0.15, -0.1) is 0 Å². The van der Waals surface area contributed by atoms with E-state index in [9.17, 15) is 14.7 Å². The minimum Gasteiger partial charge on any atom is -0.390 e. The lowest BCUT2D eigenvalue weighted by molar-refractivity contribution is -0.0609. The molecule has 0 spiro atoms. The molecule has 1 fully saturated rings. The Kier molecular flexibility index (Phi) is 4.41. The number of aliphatic hydroxyl groups excluding tert-OH is 1. The molecule has 128 valence electrons. The van der Waals surface area contributed by atoms with Gasteiger partial charge in [0.15, 0.2) is 5.65 Å². The molecule has 11 heteroatoms. The van der Waals surface area contributed by atoms with Crippen molar-refractivity contribution in [2.24, 2.45) is 5.11 Å². The predicted octanol–water partition coefficient (Wildman–Crippen LogP) is 1.19. The van der Waals surface area contributed by atoms with Gasteiger partial charge in [-0.1, -0.05) is 23.4 Å². The standard InChI is InChI=1S/C13H16N6O4S/c1-3-7(20)8-4-6(17-18-14)12(23-8)19-10-9(24-13(19)22)11(21)16-5(2)15-10/h6-8,12,20H,3-4H2,1-2H3,(H,15,16,21). The highest BCUT2D eigenvalue weighted by molar-refractivity contribution is 7.16. The molecule has 1 saturated heterocycles. The third-order valence-corrected chi connectivity index (χ3v) is 4.95. The molecule has 3 rings (SSSR count). The van der Waals surface area contributed by atoms with Gasteiger partial charge in [0.05, 0.1) is 18.2 Å². The van der Waals surface area contributed by atoms with Crippen LogP contribution in [0, 0.1) is 6.92 Å². The number of fused-ring (bicyclic) bond motifs is 1. The average Bonchev–Trinajstić information content (AvgIpc) is 3.08. The summed E-state index contributed by atoms with van der Waals surface area (Å²) in [6, 6.07) is -0.668. The van der Waals surface area contributed by atoms with Crippen molar-refractivity contribution in [3.05, 3.63) is 36.3 Å². The van der Waals surface area contributed by atoms with Crippen molar-refractivity contribution in [3.63, 3.8) is 0 Å². The van der Waals surface area contributed by atoms with Crippen LogP contribution in [-0.2, 0) is 4.74 Å². The van der Waals surface area contributed by atoms with Gasteiger partial charge in [-0.3, -0.25) is 14.2 Å². The summed E-state index contributed by atoms with van der Waals surface area (Å²) in [7, 11) is 0. The Balaban J connectivity index is 2.14. The molecule has 0 amide bonds. The predicted molar refractivity (Wildman–Crippen MR) is 87.0 cm³/mol. The molecule has 1 aliphatic heterocycles. The van der Waals surface area contributed by atoms with Gasteiger partial charge in [0.25, 0.3) is 5.56 Å². The summed E-state index contributed by atoms with van der Waals surface area (Å²) in [5, 5.41) is 13.7. The number of aromatic amines is 1. The Morgan fingerprint density at radius 2 is 2.38 bits per heavy atom. The average molecular weight is 352 g/mol. The van der Waals surface area contributed by atoms with Crippen LogP contribution in [0.5, 0.6) is 0 Å². The van der Waals surface area contributed by atoms with E-state index in [0.29, 0.717) is 12.2 Å². The molecular weight excluding hydrogens is 336 g/mol. The number of H-pyrrole nitrogens is 1. The summed E-state index contributed by atoms with van der Waals surface area (Å²) in [5.41, 5.74) is 8.57. The molecule has 1 aliphatic rings. The SMILES string of the molecule is CCC(O)C1CC(N=[N+]=[N-])C(n2c(=O)sc3c(=O)[nH]c(C)nc32)O1. The van der Waals surface area contributed by atoms with E-state index in [1.807, 2.05) is 0 Å². The number of thiazole rings is 1. The summed E-state index contributed by atoms with van der Waals surface area (Å²) >= 11 is 0.760. The second kappa shape index (κ2) is 6.36. The first-order valence-electron chi connectivity index (χ1n) is 7.46. The van der Waals surface area contributed by atoms with E-state index in [4.69, 9.17) is 10.3 Å². The monoisotopic (exact) mass is 352 g/mol. The summed E-state index contributed by atoms with van der Waals surface area (Å²) in [6.07, 6.45) is -1.43. The topological polar surface area (TPSA) is 146 Å². The molecule has 4 unspecified atom stereocenters. The van der Waals surface area contributed by atoms with Crippen molar-refractivity contribution in [1.29, 1.82) is 0 Å². The first-order chi connectivity index (χ1) is 11.5. The zero-order valence-corrected chi connectivity index (χ0v) is 13.9. The highest BCUT2D eigenvalue weighted by Gasteiger charge is 2.40. The van der Waals surface area contributed by atoms with Crippen LogP contribution in [0.4, 0.5) is 0 Å². The van der Waals surface area contributed by atoms with Crippen molar-refractivity contribution in [3.8, 4) is 0 Å². The summed E-state index contributed by atoms with van der Waals surface area (Å²) in [6.45, 7) is 3.41. The Hall–Kier alpha value is -2.20. The lowest BCUT2D eigenvalue weighted by Gasteiger charge is -2.19. The van der Waals surface area contributed by atoms with Gasteiger partial charge < -0.3 is 14.8 Å². The van der Waals surface area contributed by atoms with Crippen LogP contribution in [0.3, 0.4) is 0 Å². The van der Waals surface area contributed by atoms with Gasteiger partial charge in [0, 0.05) is 4.91 Å². The van der Waals surface area contributed by atoms with Gasteiger partial charge in [-0.25, -0.2) is 4.98 Å². The van der Waals surface area contributed by atoms with Crippen LogP contribution in [0.2, 0.25) is 0 Å². The highest BCUT2D eigenvalue weighted by atomic mass is 32.1. The van der Waals surface area contributed by atoms with Gasteiger partial charge in [0.1, 0.15) is 16.8 Å². The maximum atomic E-state index is 12.4. The molecule has 0 radical (unpaired) electrons. The lowest BCUT2D eigenvalue weighted by atomic mass is 10.1. The molecule has 0 aromatic carbocycles. The Morgan fingerprint density at radius 1 is 1.62 bits per heavy atom. The Labute approximate surface area is 139 Å². The lowest BCUT2D eigenvalue weighted by Crippen LogP contribution is -2.28. The largest absolute Gasteiger partial charge is 0.390 e. The summed E-state index contributed by atoms with van der Waals surface area (Å²) in [4.78, 5) is 33.6. The number of aromatic nitrogens is 3. The number of azide groups is 1. The van der Waals surface area contributed by atoms with Gasteiger partial charge in [-0.05, 0) is 25.3 Å². The van der Waals surface area contributed by atoms with Crippen LogP contribution in [0.1, 0.15) is 31.8 Å². The fourth-order valence-corrected chi connectivity index (χ4v) is 3.70. The first-order valence-corrected chi connectivity index (χ1v) is 8.27. The quantitative estimate of drug-likeness (QED) is 0.482. The molecule has 4 atom stereocenters. The molecule has 0 saturated carbocycles. The third kappa shape index (κ3) is 2.71. The van der Waals surface area contributed by atoms with Gasteiger partial charge >= 0.3 is 4.87 Å². The number of ether oxygens (including phenoxy) is 1. The normalized spacial score (nSPS) is 24.9. The minimum atomic E-state index is -0.901. The molecule has 2 N–H and O–H groups in total. The Bertz CT molecular complexity index is 927. The van der Waals surface area contributed by atoms with Crippen molar-refractivity contribution in [2.75, 3.05) is 0 Å². The zero-order chi connectivity index (χ0) is 17.4. The Morgan fingerprint density at radius 3 is 3.04 bits per heavy atom. The third-order valence-electron chi connectivity index (χ3n) is 4.01. The van der Waals surface area contributed by atoms with Crippen LogP contribution in [-0.4, -0.2) is 37.9 Å². The maximum absolute atomic E-state index is 12.4. The number of rotatable bonds is 4. The summed E-state index contributed by atoms with van der Waals surface area (Å²) < 4.78 is 7.22. The highest BCUT2D eigenvalue weighted by Crippen LogP contribution is 2.34. The smallest absolute Gasteiger partial charge is 0.311 e. The molecule has 2 aromatic heterocycles. The minimum absolute atomic E-state index is 0.188. The molecule has 10 nitrogen and oxygen atoms in total. The van der Waals surface area contributed by atoms with Crippen molar-refractivity contribution < 1.29 is 9.84 Å². The summed E-state index contributed by atoms with van der Waals surface area (Å²) in [5.74, 6) is 0.363. The molecule has 3 heterocycles. The zero-order valence-electron chi connectivity index (χ0n) is 13.0. The van der Waals surface area contributed by atoms with Crippen molar-refractivity contribution in [2.45, 2.75) is 51.2 Å². The van der Waals surface area contributed by atoms with E-state index in [1.165, 1.54) is 4.57 Å². The molecular formula is C13H16N6O4S. The number of nitrogens with zero attached hydrogens (tertiary/aromatic N) is 5. The number of aryl methyl sites for hydroxylation is 1. The first kappa shape index (κ1) is 16.7.